The van der Waals surface area contributed by atoms with Crippen molar-refractivity contribution in [3.8, 4) is 0 Å². The summed E-state index contributed by atoms with van der Waals surface area (Å²) in [4.78, 5) is 12.3. The number of hydrogen-bond acceptors (Lipinski definition) is 4. The lowest BCUT2D eigenvalue weighted by Gasteiger charge is -2.29. The molecule has 21 heavy (non-hydrogen) atoms. The Labute approximate surface area is 119 Å². The van der Waals surface area contributed by atoms with Crippen molar-refractivity contribution in [3.63, 3.8) is 0 Å². The van der Waals surface area contributed by atoms with Gasteiger partial charge in [-0.3, -0.25) is 4.79 Å². The topological polar surface area (TPSA) is 68.0 Å². The number of fused-ring (bicyclic) bond motifs is 1. The third kappa shape index (κ3) is 2.72. The van der Waals surface area contributed by atoms with E-state index >= 15 is 0 Å². The molecule has 1 aliphatic rings. The van der Waals surface area contributed by atoms with Gasteiger partial charge in [0.1, 0.15) is 11.0 Å². The van der Waals surface area contributed by atoms with Gasteiger partial charge < -0.3 is 5.32 Å². The van der Waals surface area contributed by atoms with Crippen molar-refractivity contribution in [3.05, 3.63) is 23.3 Å². The molecule has 1 atom stereocenters. The number of amides is 1. The van der Waals surface area contributed by atoms with Gasteiger partial charge in [0.15, 0.2) is 0 Å². The lowest BCUT2D eigenvalue weighted by atomic mass is 9.91. The summed E-state index contributed by atoms with van der Waals surface area (Å²) >= 11 is 0. The van der Waals surface area contributed by atoms with Gasteiger partial charge in [0, 0.05) is 24.4 Å². The highest BCUT2D eigenvalue weighted by Crippen LogP contribution is 2.33. The van der Waals surface area contributed by atoms with E-state index < -0.39 is 12.0 Å². The molecule has 1 fully saturated rings. The Morgan fingerprint density at radius 3 is 3.00 bits per heavy atom. The average Bonchev–Trinajstić information content (AvgIpc) is 2.87. The first kappa shape index (κ1) is 13.9. The van der Waals surface area contributed by atoms with Crippen molar-refractivity contribution in [2.24, 2.45) is 0 Å². The largest absolute Gasteiger partial charge is 0.349 e. The van der Waals surface area contributed by atoms with Gasteiger partial charge in [-0.25, -0.2) is 13.4 Å². The Bertz CT molecular complexity index is 684. The van der Waals surface area contributed by atoms with Crippen LogP contribution in [0, 0.1) is 6.92 Å². The summed E-state index contributed by atoms with van der Waals surface area (Å²) in [5.41, 5.74) is 2.12. The van der Waals surface area contributed by atoms with Crippen LogP contribution in [0.15, 0.2) is 16.8 Å². The average molecular weight is 295 g/mol. The van der Waals surface area contributed by atoms with Crippen molar-refractivity contribution >= 4 is 16.9 Å². The molecule has 0 spiro atoms. The van der Waals surface area contributed by atoms with Gasteiger partial charge in [-0.15, -0.1) is 0 Å². The quantitative estimate of drug-likeness (QED) is 0.925. The first-order chi connectivity index (χ1) is 9.96. The first-order valence-corrected chi connectivity index (χ1v) is 6.87. The smallest absolute Gasteiger partial charge is 0.251 e. The summed E-state index contributed by atoms with van der Waals surface area (Å²) in [6.45, 7) is 1.73. The van der Waals surface area contributed by atoms with Gasteiger partial charge in [-0.05, 0) is 47.8 Å². The van der Waals surface area contributed by atoms with Crippen LogP contribution in [0.2, 0.25) is 0 Å². The van der Waals surface area contributed by atoms with E-state index in [4.69, 9.17) is 0 Å². The van der Waals surface area contributed by atoms with E-state index in [9.17, 15) is 13.6 Å². The van der Waals surface area contributed by atoms with Crippen LogP contribution in [0.1, 0.15) is 41.6 Å². The normalized spacial score (nSPS) is 21.4. The van der Waals surface area contributed by atoms with E-state index in [2.05, 4.69) is 20.3 Å². The second kappa shape index (κ2) is 5.05. The van der Waals surface area contributed by atoms with Gasteiger partial charge in [0.05, 0.1) is 0 Å². The Balaban J connectivity index is 1.79. The number of benzene rings is 1. The fourth-order valence-electron chi connectivity index (χ4n) is 2.78. The molecule has 0 radical (unpaired) electrons. The van der Waals surface area contributed by atoms with Crippen LogP contribution < -0.4 is 5.32 Å². The maximum atomic E-state index is 13.4. The number of halogens is 2. The number of nitrogens with one attached hydrogen (secondary N) is 1. The third-order valence-electron chi connectivity index (χ3n) is 3.90. The molecule has 2 aromatic rings. The summed E-state index contributed by atoms with van der Waals surface area (Å²) < 4.78 is 31.4. The molecule has 0 aliphatic heterocycles. The first-order valence-electron chi connectivity index (χ1n) is 6.87. The van der Waals surface area contributed by atoms with Crippen molar-refractivity contribution in [1.29, 1.82) is 0 Å². The molecule has 0 bridgehead atoms. The lowest BCUT2D eigenvalue weighted by Crippen LogP contribution is -2.42. The van der Waals surface area contributed by atoms with E-state index in [0.717, 1.165) is 0 Å². The van der Waals surface area contributed by atoms with Crippen LogP contribution in [0.4, 0.5) is 8.78 Å². The number of alkyl halides is 2. The highest BCUT2D eigenvalue weighted by molar-refractivity contribution is 5.99. The maximum absolute atomic E-state index is 13.4. The molecule has 112 valence electrons. The summed E-state index contributed by atoms with van der Waals surface area (Å²) in [5, 5.41) is 10.1. The van der Waals surface area contributed by atoms with Crippen LogP contribution in [-0.2, 0) is 0 Å². The van der Waals surface area contributed by atoms with Crippen molar-refractivity contribution in [2.75, 3.05) is 0 Å². The maximum Gasteiger partial charge on any atom is 0.251 e. The number of carbonyl (C=O) groups excluding carboxylic acids is 1. The van der Waals surface area contributed by atoms with E-state index in [1.807, 2.05) is 0 Å². The number of carbonyl (C=O) groups is 1. The zero-order valence-corrected chi connectivity index (χ0v) is 11.5. The molecule has 1 unspecified atom stereocenters. The lowest BCUT2D eigenvalue weighted by molar-refractivity contribution is -0.0429. The third-order valence-corrected chi connectivity index (χ3v) is 3.90. The van der Waals surface area contributed by atoms with Gasteiger partial charge in [-0.1, -0.05) is 0 Å². The number of hydrogen-bond donors (Lipinski definition) is 1. The van der Waals surface area contributed by atoms with Crippen molar-refractivity contribution in [2.45, 2.75) is 44.6 Å². The highest BCUT2D eigenvalue weighted by Gasteiger charge is 2.36. The predicted molar refractivity (Wildman–Crippen MR) is 71.2 cm³/mol. The molecule has 3 rings (SSSR count). The van der Waals surface area contributed by atoms with Gasteiger partial charge in [0.25, 0.3) is 5.91 Å². The Morgan fingerprint density at radius 2 is 2.24 bits per heavy atom. The van der Waals surface area contributed by atoms with Crippen molar-refractivity contribution < 1.29 is 18.2 Å². The van der Waals surface area contributed by atoms with Crippen molar-refractivity contribution in [1.82, 2.24) is 15.6 Å². The highest BCUT2D eigenvalue weighted by atomic mass is 19.3. The minimum Gasteiger partial charge on any atom is -0.349 e. The molecule has 5 nitrogen and oxygen atoms in total. The molecule has 1 aromatic heterocycles. The molecule has 1 amide bonds. The summed E-state index contributed by atoms with van der Waals surface area (Å²) in [5.74, 6) is -3.05. The van der Waals surface area contributed by atoms with E-state index in [-0.39, 0.29) is 18.7 Å². The molecular weight excluding hydrogens is 280 g/mol. The monoisotopic (exact) mass is 295 g/mol. The second-order valence-corrected chi connectivity index (χ2v) is 5.49. The van der Waals surface area contributed by atoms with Gasteiger partial charge >= 0.3 is 0 Å². The van der Waals surface area contributed by atoms with E-state index in [0.29, 0.717) is 35.0 Å². The number of aryl methyl sites for hydroxylation is 1. The molecular formula is C14H15F2N3O2. The number of aromatic nitrogens is 2. The molecule has 1 heterocycles. The summed E-state index contributed by atoms with van der Waals surface area (Å²) in [6, 6.07) is 2.74. The second-order valence-electron chi connectivity index (χ2n) is 5.49. The number of nitrogens with zero attached hydrogens (tertiary/aromatic N) is 2. The van der Waals surface area contributed by atoms with E-state index in [1.165, 1.54) is 0 Å². The fraction of sp³-hybridized carbons (Fsp3) is 0.500. The minimum absolute atomic E-state index is 0.102. The molecule has 1 aromatic carbocycles. The fourth-order valence-corrected chi connectivity index (χ4v) is 2.78. The Kier molecular flexibility index (Phi) is 3.35. The molecule has 1 saturated carbocycles. The van der Waals surface area contributed by atoms with E-state index in [1.54, 1.807) is 19.1 Å². The van der Waals surface area contributed by atoms with Crippen LogP contribution >= 0.6 is 0 Å². The van der Waals surface area contributed by atoms with Crippen LogP contribution in [0.25, 0.3) is 11.0 Å². The van der Waals surface area contributed by atoms with Crippen LogP contribution in [0.3, 0.4) is 0 Å². The SMILES string of the molecule is Cc1c(C(=O)NC2CCCC(F)(F)C2)ccc2nonc12. The Morgan fingerprint density at radius 1 is 1.43 bits per heavy atom. The number of rotatable bonds is 2. The zero-order chi connectivity index (χ0) is 15.0. The summed E-state index contributed by atoms with van der Waals surface area (Å²) in [6.07, 6.45) is 0.595. The molecule has 0 saturated heterocycles. The zero-order valence-electron chi connectivity index (χ0n) is 11.5. The standard InChI is InChI=1S/C14H15F2N3O2/c1-8-10(4-5-11-12(8)19-21-18-11)13(20)17-9-3-2-6-14(15,16)7-9/h4-5,9H,2-3,6-7H2,1H3,(H,17,20). The Hall–Kier alpha value is -2.05. The molecule has 1 N–H and O–H groups in total. The minimum atomic E-state index is -2.69. The van der Waals surface area contributed by atoms with Gasteiger partial charge in [-0.2, -0.15) is 0 Å². The van der Waals surface area contributed by atoms with Gasteiger partial charge in [0.2, 0.25) is 5.92 Å². The van der Waals surface area contributed by atoms with Crippen LogP contribution in [0.5, 0.6) is 0 Å². The molecule has 1 aliphatic carbocycles. The predicted octanol–water partition coefficient (Wildman–Crippen LogP) is 2.84. The molecule has 7 heteroatoms. The summed E-state index contributed by atoms with van der Waals surface area (Å²) in [7, 11) is 0. The van der Waals surface area contributed by atoms with Crippen LogP contribution in [-0.4, -0.2) is 28.2 Å².